The molecule has 0 aliphatic carbocycles. The van der Waals surface area contributed by atoms with Crippen molar-refractivity contribution in [1.29, 1.82) is 0 Å². The van der Waals surface area contributed by atoms with Crippen LogP contribution < -0.4 is 4.74 Å². The monoisotopic (exact) mass is 555 g/mol. The Morgan fingerprint density at radius 3 is 2.30 bits per heavy atom. The molecule has 0 amide bonds. The molecule has 0 aromatic heterocycles. The molecule has 0 radical (unpaired) electrons. The molecular weight excluding hydrogens is 531 g/mol. The summed E-state index contributed by atoms with van der Waals surface area (Å²) in [7, 11) is 0. The third-order valence-electron chi connectivity index (χ3n) is 4.27. The molecule has 0 bridgehead atoms. The van der Waals surface area contributed by atoms with Gasteiger partial charge >= 0.3 is 12.1 Å². The maximum absolute atomic E-state index is 10.7. The van der Waals surface area contributed by atoms with Gasteiger partial charge in [-0.3, -0.25) is 4.90 Å². The summed E-state index contributed by atoms with van der Waals surface area (Å²) < 4.78 is 38.6. The number of rotatable bonds is 10. The molecule has 1 atom stereocenters. The molecule has 1 unspecified atom stereocenters. The minimum atomic E-state index is -5.08. The summed E-state index contributed by atoms with van der Waals surface area (Å²) in [6.45, 7) is 4.37. The second-order valence-corrected chi connectivity index (χ2v) is 8.29. The summed E-state index contributed by atoms with van der Waals surface area (Å²) in [5.41, 5.74) is 1.73. The lowest BCUT2D eigenvalue weighted by atomic mass is 10.1. The van der Waals surface area contributed by atoms with Crippen molar-refractivity contribution in [3.05, 3.63) is 63.1 Å². The number of nitrogens with zero attached hydrogens (tertiary/aromatic N) is 1. The van der Waals surface area contributed by atoms with E-state index in [0.717, 1.165) is 28.6 Å². The number of hydrogen-bond acceptors (Lipinski definition) is 5. The number of carboxylic acids is 1. The number of benzene rings is 2. The molecule has 184 valence electrons. The van der Waals surface area contributed by atoms with Crippen molar-refractivity contribution in [1.82, 2.24) is 4.90 Å². The summed E-state index contributed by atoms with van der Waals surface area (Å²) in [5, 5.41) is 27.8. The first-order chi connectivity index (χ1) is 15.5. The van der Waals surface area contributed by atoms with Crippen LogP contribution in [0.25, 0.3) is 0 Å². The highest BCUT2D eigenvalue weighted by molar-refractivity contribution is 9.10. The molecule has 0 saturated heterocycles. The minimum absolute atomic E-state index is 0.0745. The third kappa shape index (κ3) is 11.2. The van der Waals surface area contributed by atoms with Crippen molar-refractivity contribution in [2.45, 2.75) is 32.2 Å². The number of carbonyl (C=O) groups is 1. The highest BCUT2D eigenvalue weighted by Gasteiger charge is 2.38. The zero-order chi connectivity index (χ0) is 25.0. The number of alkyl halides is 3. The fraction of sp³-hybridized carbons (Fsp3) is 0.409. The van der Waals surface area contributed by atoms with Crippen LogP contribution in [0.5, 0.6) is 5.75 Å². The summed E-state index contributed by atoms with van der Waals surface area (Å²) >= 11 is 9.37. The van der Waals surface area contributed by atoms with Crippen LogP contribution in [0.4, 0.5) is 13.2 Å². The average Bonchev–Trinajstić information content (AvgIpc) is 2.74. The van der Waals surface area contributed by atoms with E-state index in [1.165, 1.54) is 0 Å². The topological polar surface area (TPSA) is 90.2 Å². The van der Waals surface area contributed by atoms with E-state index >= 15 is 0 Å². The molecule has 0 aliphatic heterocycles. The maximum atomic E-state index is 10.7. The van der Waals surface area contributed by atoms with E-state index in [1.54, 1.807) is 0 Å². The molecule has 6 nitrogen and oxygen atoms in total. The van der Waals surface area contributed by atoms with Crippen LogP contribution in [-0.4, -0.2) is 58.6 Å². The van der Waals surface area contributed by atoms with Crippen LogP contribution in [-0.2, 0) is 11.4 Å². The predicted octanol–water partition coefficient (Wildman–Crippen LogP) is 5.05. The van der Waals surface area contributed by atoms with Crippen LogP contribution in [0.2, 0.25) is 5.02 Å². The van der Waals surface area contributed by atoms with E-state index in [-0.39, 0.29) is 6.61 Å². The molecule has 11 heteroatoms. The van der Waals surface area contributed by atoms with E-state index in [4.69, 9.17) is 26.2 Å². The normalized spacial score (nSPS) is 12.2. The average molecular weight is 557 g/mol. The third-order valence-corrected chi connectivity index (χ3v) is 5.01. The molecule has 0 heterocycles. The lowest BCUT2D eigenvalue weighted by molar-refractivity contribution is -0.192. The van der Waals surface area contributed by atoms with Gasteiger partial charge in [0.1, 0.15) is 12.4 Å². The van der Waals surface area contributed by atoms with Gasteiger partial charge in [-0.15, -0.1) is 0 Å². The van der Waals surface area contributed by atoms with Gasteiger partial charge in [0.05, 0.1) is 12.7 Å². The van der Waals surface area contributed by atoms with E-state index in [0.29, 0.717) is 30.5 Å². The molecule has 2 aromatic carbocycles. The maximum Gasteiger partial charge on any atom is 0.490 e. The van der Waals surface area contributed by atoms with Gasteiger partial charge in [0.2, 0.25) is 0 Å². The number of aliphatic carboxylic acids is 1. The number of aliphatic hydroxyl groups is 2. The highest BCUT2D eigenvalue weighted by atomic mass is 79.9. The Morgan fingerprint density at radius 2 is 1.79 bits per heavy atom. The second-order valence-electron chi connectivity index (χ2n) is 6.94. The Bertz CT molecular complexity index is 862. The van der Waals surface area contributed by atoms with Gasteiger partial charge in [-0.05, 0) is 48.9 Å². The SMILES string of the molecule is CCCN(CCO)CC(O)c1cc(Br)ccc1OCc1ccc(Cl)cc1.O=C(O)C(F)(F)F. The molecule has 0 fully saturated rings. The fourth-order valence-electron chi connectivity index (χ4n) is 2.75. The molecule has 0 saturated carbocycles. The molecule has 3 N–H and O–H groups in total. The summed E-state index contributed by atoms with van der Waals surface area (Å²) in [6, 6.07) is 13.1. The van der Waals surface area contributed by atoms with Gasteiger partial charge in [0.25, 0.3) is 0 Å². The van der Waals surface area contributed by atoms with E-state index in [1.807, 2.05) is 42.5 Å². The lowest BCUT2D eigenvalue weighted by Gasteiger charge is -2.25. The Morgan fingerprint density at radius 1 is 1.18 bits per heavy atom. The van der Waals surface area contributed by atoms with Crippen molar-refractivity contribution in [2.24, 2.45) is 0 Å². The summed E-state index contributed by atoms with van der Waals surface area (Å²) in [6.07, 6.45) is -4.82. The van der Waals surface area contributed by atoms with Crippen molar-refractivity contribution in [3.8, 4) is 5.75 Å². The number of aliphatic hydroxyl groups excluding tert-OH is 2. The van der Waals surface area contributed by atoms with Crippen molar-refractivity contribution in [2.75, 3.05) is 26.2 Å². The van der Waals surface area contributed by atoms with Gasteiger partial charge in [-0.1, -0.05) is 46.6 Å². The van der Waals surface area contributed by atoms with Crippen LogP contribution in [0.3, 0.4) is 0 Å². The van der Waals surface area contributed by atoms with E-state index < -0.39 is 18.2 Å². The standard InChI is InChI=1S/C20H25BrClNO3.C2HF3O2/c1-2-9-23(10-11-24)13-19(25)18-12-16(21)5-8-20(18)26-14-15-3-6-17(22)7-4-15;3-2(4,5)1(6)7/h3-8,12,19,24-25H,2,9-11,13-14H2,1H3;(H,6,7). The first-order valence-corrected chi connectivity index (χ1v) is 11.1. The van der Waals surface area contributed by atoms with Gasteiger partial charge in [-0.2, -0.15) is 13.2 Å². The van der Waals surface area contributed by atoms with Crippen molar-refractivity contribution in [3.63, 3.8) is 0 Å². The van der Waals surface area contributed by atoms with Gasteiger partial charge in [0, 0.05) is 28.1 Å². The number of ether oxygens (including phenoxy) is 1. The fourth-order valence-corrected chi connectivity index (χ4v) is 3.25. The Kier molecular flexibility index (Phi) is 12.8. The zero-order valence-electron chi connectivity index (χ0n) is 17.9. The summed E-state index contributed by atoms with van der Waals surface area (Å²) in [4.78, 5) is 10.9. The van der Waals surface area contributed by atoms with Crippen molar-refractivity contribution < 1.29 is 38.0 Å². The second kappa shape index (κ2) is 14.4. The molecular formula is C22H26BrClF3NO5. The van der Waals surface area contributed by atoms with E-state index in [2.05, 4.69) is 27.8 Å². The van der Waals surface area contributed by atoms with Crippen molar-refractivity contribution >= 4 is 33.5 Å². The Hall–Kier alpha value is -1.85. The first kappa shape index (κ1) is 29.2. The van der Waals surface area contributed by atoms with E-state index in [9.17, 15) is 23.4 Å². The van der Waals surface area contributed by atoms with Gasteiger partial charge < -0.3 is 20.1 Å². The molecule has 33 heavy (non-hydrogen) atoms. The summed E-state index contributed by atoms with van der Waals surface area (Å²) in [5.74, 6) is -2.11. The number of carboxylic acid groups (broad SMARTS) is 1. The minimum Gasteiger partial charge on any atom is -0.489 e. The van der Waals surface area contributed by atoms with Gasteiger partial charge in [-0.25, -0.2) is 4.79 Å². The molecule has 0 spiro atoms. The Balaban J connectivity index is 0.000000675. The van der Waals surface area contributed by atoms with Crippen LogP contribution in [0.1, 0.15) is 30.6 Å². The predicted molar refractivity (Wildman–Crippen MR) is 122 cm³/mol. The molecule has 2 aromatic rings. The molecule has 0 aliphatic rings. The smallest absolute Gasteiger partial charge is 0.489 e. The highest BCUT2D eigenvalue weighted by Crippen LogP contribution is 2.30. The molecule has 2 rings (SSSR count). The van der Waals surface area contributed by atoms with Crippen LogP contribution >= 0.6 is 27.5 Å². The lowest BCUT2D eigenvalue weighted by Crippen LogP contribution is -2.32. The van der Waals surface area contributed by atoms with Crippen LogP contribution in [0, 0.1) is 0 Å². The number of halogens is 5. The quantitative estimate of drug-likeness (QED) is 0.379. The van der Waals surface area contributed by atoms with Crippen LogP contribution in [0.15, 0.2) is 46.9 Å². The largest absolute Gasteiger partial charge is 0.490 e. The Labute approximate surface area is 203 Å². The number of hydrogen-bond donors (Lipinski definition) is 3. The zero-order valence-corrected chi connectivity index (χ0v) is 20.2. The van der Waals surface area contributed by atoms with Gasteiger partial charge in [0.15, 0.2) is 0 Å². The first-order valence-electron chi connectivity index (χ1n) is 9.96.